The van der Waals surface area contributed by atoms with Crippen molar-refractivity contribution in [3.8, 4) is 0 Å². The van der Waals surface area contributed by atoms with Crippen LogP contribution < -0.4 is 5.32 Å². The van der Waals surface area contributed by atoms with Crippen molar-refractivity contribution < 1.29 is 4.79 Å². The van der Waals surface area contributed by atoms with E-state index in [1.165, 1.54) is 42.8 Å². The number of nitrogens with zero attached hydrogens (tertiary/aromatic N) is 1. The number of hydrogen-bond donors (Lipinski definition) is 1. The molecule has 0 radical (unpaired) electrons. The number of halogens is 1. The number of amides is 1. The van der Waals surface area contributed by atoms with Crippen molar-refractivity contribution in [2.24, 2.45) is 0 Å². The molecule has 1 aromatic heterocycles. The van der Waals surface area contributed by atoms with Crippen molar-refractivity contribution in [2.75, 3.05) is 13.1 Å². The van der Waals surface area contributed by atoms with Gasteiger partial charge >= 0.3 is 0 Å². The molecule has 0 saturated carbocycles. The summed E-state index contributed by atoms with van der Waals surface area (Å²) in [5.41, 5.74) is 2.45. The van der Waals surface area contributed by atoms with E-state index in [1.54, 1.807) is 12.1 Å². The number of carbonyl (C=O) groups excluding carboxylic acids is 1. The predicted molar refractivity (Wildman–Crippen MR) is 91.5 cm³/mol. The van der Waals surface area contributed by atoms with Crippen LogP contribution in [-0.2, 0) is 13.1 Å². The molecule has 22 heavy (non-hydrogen) atoms. The van der Waals surface area contributed by atoms with Crippen molar-refractivity contribution in [3.63, 3.8) is 0 Å². The first kappa shape index (κ1) is 15.5. The maximum absolute atomic E-state index is 12.0. The number of hydrogen-bond acceptors (Lipinski definition) is 3. The minimum absolute atomic E-state index is 0.0713. The quantitative estimate of drug-likeness (QED) is 0.898. The van der Waals surface area contributed by atoms with Crippen LogP contribution in [0.5, 0.6) is 0 Å². The third-order valence-electron chi connectivity index (χ3n) is 3.88. The van der Waals surface area contributed by atoms with E-state index in [0.717, 1.165) is 12.1 Å². The molecule has 1 aliphatic heterocycles. The van der Waals surface area contributed by atoms with Crippen molar-refractivity contribution in [1.29, 1.82) is 0 Å². The fourth-order valence-electron chi connectivity index (χ4n) is 2.67. The lowest BCUT2D eigenvalue weighted by molar-refractivity contribution is 0.0955. The molecule has 1 N–H and O–H groups in total. The second-order valence-electron chi connectivity index (χ2n) is 5.59. The van der Waals surface area contributed by atoms with Gasteiger partial charge in [0.25, 0.3) is 5.91 Å². The zero-order valence-corrected chi connectivity index (χ0v) is 13.9. The molecule has 2 heterocycles. The van der Waals surface area contributed by atoms with Gasteiger partial charge in [-0.3, -0.25) is 9.69 Å². The molecule has 2 aromatic rings. The minimum Gasteiger partial charge on any atom is -0.347 e. The molecule has 0 spiro atoms. The summed E-state index contributed by atoms with van der Waals surface area (Å²) < 4.78 is 0.636. The van der Waals surface area contributed by atoms with E-state index >= 15 is 0 Å². The van der Waals surface area contributed by atoms with Gasteiger partial charge in [0.05, 0.1) is 9.21 Å². The molecule has 0 atom stereocenters. The number of nitrogens with one attached hydrogen (secondary N) is 1. The summed E-state index contributed by atoms with van der Waals surface area (Å²) in [6, 6.07) is 12.0. The van der Waals surface area contributed by atoms with Crippen LogP contribution >= 0.6 is 22.9 Å². The Morgan fingerprint density at radius 1 is 1.09 bits per heavy atom. The van der Waals surface area contributed by atoms with Crippen LogP contribution in [0, 0.1) is 0 Å². The summed E-state index contributed by atoms with van der Waals surface area (Å²) in [6.45, 7) is 3.99. The van der Waals surface area contributed by atoms with E-state index in [4.69, 9.17) is 11.6 Å². The van der Waals surface area contributed by atoms with Gasteiger partial charge in [0.2, 0.25) is 0 Å². The average Bonchev–Trinajstić information content (AvgIpc) is 3.18. The van der Waals surface area contributed by atoms with E-state index in [2.05, 4.69) is 34.5 Å². The second kappa shape index (κ2) is 7.27. The first-order chi connectivity index (χ1) is 10.7. The highest BCUT2D eigenvalue weighted by Crippen LogP contribution is 2.21. The maximum atomic E-state index is 12.0. The van der Waals surface area contributed by atoms with Crippen LogP contribution in [0.4, 0.5) is 0 Å². The van der Waals surface area contributed by atoms with Gasteiger partial charge in [-0.05, 0) is 49.2 Å². The Morgan fingerprint density at radius 2 is 1.77 bits per heavy atom. The van der Waals surface area contributed by atoms with Crippen molar-refractivity contribution in [2.45, 2.75) is 25.9 Å². The Labute approximate surface area is 139 Å². The zero-order chi connectivity index (χ0) is 15.4. The molecule has 0 aliphatic carbocycles. The standard InChI is InChI=1S/C17H19ClN2OS/c18-16-8-7-15(22-16)17(21)19-11-13-3-5-14(6-4-13)12-20-9-1-2-10-20/h3-8H,1-2,9-12H2,(H,19,21). The third-order valence-corrected chi connectivity index (χ3v) is 5.11. The molecular weight excluding hydrogens is 316 g/mol. The summed E-state index contributed by atoms with van der Waals surface area (Å²) in [4.78, 5) is 15.1. The first-order valence-corrected chi connectivity index (χ1v) is 8.74. The maximum Gasteiger partial charge on any atom is 0.261 e. The number of rotatable bonds is 5. The molecule has 0 unspecified atom stereocenters. The van der Waals surface area contributed by atoms with Gasteiger partial charge in [-0.1, -0.05) is 35.9 Å². The Morgan fingerprint density at radius 3 is 2.41 bits per heavy atom. The fourth-order valence-corrected chi connectivity index (χ4v) is 3.63. The van der Waals surface area contributed by atoms with Gasteiger partial charge in [-0.2, -0.15) is 0 Å². The normalized spacial score (nSPS) is 15.1. The Bertz CT molecular complexity index is 632. The highest BCUT2D eigenvalue weighted by Gasteiger charge is 2.11. The lowest BCUT2D eigenvalue weighted by Gasteiger charge is -2.14. The largest absolute Gasteiger partial charge is 0.347 e. The van der Waals surface area contributed by atoms with E-state index in [-0.39, 0.29) is 5.91 Å². The Balaban J connectivity index is 1.51. The SMILES string of the molecule is O=C(NCc1ccc(CN2CCCC2)cc1)c1ccc(Cl)s1. The molecule has 116 valence electrons. The van der Waals surface area contributed by atoms with Gasteiger partial charge < -0.3 is 5.32 Å². The van der Waals surface area contributed by atoms with Crippen molar-refractivity contribution in [3.05, 3.63) is 56.7 Å². The molecule has 1 aliphatic rings. The monoisotopic (exact) mass is 334 g/mol. The smallest absolute Gasteiger partial charge is 0.261 e. The minimum atomic E-state index is -0.0713. The fraction of sp³-hybridized carbons (Fsp3) is 0.353. The molecule has 3 rings (SSSR count). The molecule has 3 nitrogen and oxygen atoms in total. The van der Waals surface area contributed by atoms with Crippen molar-refractivity contribution >= 4 is 28.8 Å². The van der Waals surface area contributed by atoms with E-state index in [9.17, 15) is 4.79 Å². The summed E-state index contributed by atoms with van der Waals surface area (Å²) in [5.74, 6) is -0.0713. The van der Waals surface area contributed by atoms with Gasteiger partial charge in [0, 0.05) is 13.1 Å². The summed E-state index contributed by atoms with van der Waals surface area (Å²) in [6.07, 6.45) is 2.63. The van der Waals surface area contributed by atoms with Crippen LogP contribution in [0.2, 0.25) is 4.34 Å². The molecule has 1 fully saturated rings. The first-order valence-electron chi connectivity index (χ1n) is 7.54. The predicted octanol–water partition coefficient (Wildman–Crippen LogP) is 3.93. The van der Waals surface area contributed by atoms with E-state index < -0.39 is 0 Å². The molecule has 0 bridgehead atoms. The van der Waals surface area contributed by atoms with Crippen LogP contribution in [-0.4, -0.2) is 23.9 Å². The van der Waals surface area contributed by atoms with Crippen LogP contribution in [0.25, 0.3) is 0 Å². The third kappa shape index (κ3) is 4.09. The summed E-state index contributed by atoms with van der Waals surface area (Å²) in [5, 5.41) is 2.92. The molecular formula is C17H19ClN2OS. The second-order valence-corrected chi connectivity index (χ2v) is 7.30. The Kier molecular flexibility index (Phi) is 5.13. The van der Waals surface area contributed by atoms with Crippen LogP contribution in [0.3, 0.4) is 0 Å². The van der Waals surface area contributed by atoms with Crippen molar-refractivity contribution in [1.82, 2.24) is 10.2 Å². The average molecular weight is 335 g/mol. The van der Waals surface area contributed by atoms with Crippen LogP contribution in [0.1, 0.15) is 33.6 Å². The number of carbonyl (C=O) groups is 1. The topological polar surface area (TPSA) is 32.3 Å². The molecule has 1 amide bonds. The highest BCUT2D eigenvalue weighted by molar-refractivity contribution is 7.17. The van der Waals surface area contributed by atoms with Gasteiger partial charge in [-0.25, -0.2) is 0 Å². The van der Waals surface area contributed by atoms with Crippen LogP contribution in [0.15, 0.2) is 36.4 Å². The lowest BCUT2D eigenvalue weighted by Crippen LogP contribution is -2.22. The van der Waals surface area contributed by atoms with Gasteiger partial charge in [-0.15, -0.1) is 11.3 Å². The van der Waals surface area contributed by atoms with Gasteiger partial charge in [0.15, 0.2) is 0 Å². The zero-order valence-electron chi connectivity index (χ0n) is 12.3. The summed E-state index contributed by atoms with van der Waals surface area (Å²) in [7, 11) is 0. The van der Waals surface area contributed by atoms with Gasteiger partial charge in [0.1, 0.15) is 0 Å². The number of thiophene rings is 1. The number of benzene rings is 1. The number of likely N-dealkylation sites (tertiary alicyclic amines) is 1. The van der Waals surface area contributed by atoms with E-state index in [1.807, 2.05) is 0 Å². The lowest BCUT2D eigenvalue weighted by atomic mass is 10.1. The van der Waals surface area contributed by atoms with E-state index in [0.29, 0.717) is 15.8 Å². The molecule has 5 heteroatoms. The molecule has 1 saturated heterocycles. The summed E-state index contributed by atoms with van der Waals surface area (Å²) >= 11 is 7.14. The highest BCUT2D eigenvalue weighted by atomic mass is 35.5. The molecule has 1 aromatic carbocycles. The Hall–Kier alpha value is -1.36.